The number of hydrogen-bond acceptors (Lipinski definition) is 2. The summed E-state index contributed by atoms with van der Waals surface area (Å²) in [5.74, 6) is 0.846. The van der Waals surface area contributed by atoms with E-state index in [1.165, 1.54) is 44.0 Å². The molecule has 218 valence electrons. The van der Waals surface area contributed by atoms with Crippen LogP contribution in [0.15, 0.2) is 140 Å². The molecule has 0 saturated heterocycles. The molecule has 4 aromatic heterocycles. The van der Waals surface area contributed by atoms with E-state index in [1.54, 1.807) is 0 Å². The Hall–Kier alpha value is -6.00. The van der Waals surface area contributed by atoms with E-state index >= 15 is 0 Å². The second kappa shape index (κ2) is 10.3. The van der Waals surface area contributed by atoms with Crippen molar-refractivity contribution in [3.8, 4) is 39.3 Å². The highest BCUT2D eigenvalue weighted by Crippen LogP contribution is 2.39. The SMILES string of the molecule is Cc1cccc(C)c1-c1cc(-c2cccc(-n3c4ccccc4c4cccnc43)n2)cc(-c2cccc3c2[nH]c2ccccc23)c1. The van der Waals surface area contributed by atoms with E-state index in [2.05, 4.69) is 151 Å². The van der Waals surface area contributed by atoms with Crippen molar-refractivity contribution in [1.82, 2.24) is 19.5 Å². The molecule has 5 aromatic carbocycles. The average Bonchev–Trinajstić information content (AvgIpc) is 3.64. The molecule has 0 aliphatic heterocycles. The van der Waals surface area contributed by atoms with Gasteiger partial charge in [0.25, 0.3) is 0 Å². The van der Waals surface area contributed by atoms with Gasteiger partial charge in [0.15, 0.2) is 0 Å². The molecule has 46 heavy (non-hydrogen) atoms. The zero-order valence-electron chi connectivity index (χ0n) is 25.6. The Kier molecular flexibility index (Phi) is 5.90. The Balaban J connectivity index is 1.29. The number of para-hydroxylation sites is 3. The van der Waals surface area contributed by atoms with Crippen molar-refractivity contribution in [2.75, 3.05) is 0 Å². The number of aromatic amines is 1. The second-order valence-electron chi connectivity index (χ2n) is 12.1. The van der Waals surface area contributed by atoms with Crippen molar-refractivity contribution >= 4 is 43.7 Å². The van der Waals surface area contributed by atoms with Crippen molar-refractivity contribution in [3.63, 3.8) is 0 Å². The number of aryl methyl sites for hydroxylation is 2. The van der Waals surface area contributed by atoms with Crippen molar-refractivity contribution < 1.29 is 0 Å². The van der Waals surface area contributed by atoms with Gasteiger partial charge in [0, 0.05) is 44.4 Å². The van der Waals surface area contributed by atoms with Crippen LogP contribution in [-0.2, 0) is 0 Å². The van der Waals surface area contributed by atoms with Crippen molar-refractivity contribution in [2.24, 2.45) is 0 Å². The first-order valence-electron chi connectivity index (χ1n) is 15.7. The first-order chi connectivity index (χ1) is 22.6. The van der Waals surface area contributed by atoms with Gasteiger partial charge in [-0.1, -0.05) is 78.9 Å². The lowest BCUT2D eigenvalue weighted by atomic mass is 9.90. The van der Waals surface area contributed by atoms with E-state index in [0.29, 0.717) is 0 Å². The smallest absolute Gasteiger partial charge is 0.146 e. The summed E-state index contributed by atoms with van der Waals surface area (Å²) in [5, 5.41) is 4.75. The largest absolute Gasteiger partial charge is 0.354 e. The molecular weight excluding hydrogens is 560 g/mol. The lowest BCUT2D eigenvalue weighted by Crippen LogP contribution is -2.00. The number of pyridine rings is 2. The zero-order valence-corrected chi connectivity index (χ0v) is 25.6. The monoisotopic (exact) mass is 590 g/mol. The predicted molar refractivity (Wildman–Crippen MR) is 192 cm³/mol. The first kappa shape index (κ1) is 26.4. The summed E-state index contributed by atoms with van der Waals surface area (Å²) in [6.45, 7) is 4.39. The summed E-state index contributed by atoms with van der Waals surface area (Å²) in [4.78, 5) is 13.8. The highest BCUT2D eigenvalue weighted by Gasteiger charge is 2.17. The minimum Gasteiger partial charge on any atom is -0.354 e. The van der Waals surface area contributed by atoms with Gasteiger partial charge in [-0.25, -0.2) is 9.97 Å². The summed E-state index contributed by atoms with van der Waals surface area (Å²) >= 11 is 0. The van der Waals surface area contributed by atoms with Crippen LogP contribution in [0.1, 0.15) is 11.1 Å². The fourth-order valence-corrected chi connectivity index (χ4v) is 7.20. The van der Waals surface area contributed by atoms with Crippen molar-refractivity contribution in [3.05, 3.63) is 151 Å². The summed E-state index contributed by atoms with van der Waals surface area (Å²) in [6, 6.07) is 47.4. The van der Waals surface area contributed by atoms with Crippen molar-refractivity contribution in [2.45, 2.75) is 13.8 Å². The third-order valence-electron chi connectivity index (χ3n) is 9.25. The summed E-state index contributed by atoms with van der Waals surface area (Å²) in [7, 11) is 0. The molecule has 0 amide bonds. The number of aromatic nitrogens is 4. The molecule has 4 nitrogen and oxygen atoms in total. The number of rotatable bonds is 4. The van der Waals surface area contributed by atoms with Crippen LogP contribution >= 0.6 is 0 Å². The van der Waals surface area contributed by atoms with E-state index in [-0.39, 0.29) is 0 Å². The van der Waals surface area contributed by atoms with Crippen LogP contribution in [-0.4, -0.2) is 19.5 Å². The Morgan fingerprint density at radius 3 is 2.15 bits per heavy atom. The number of H-pyrrole nitrogens is 1. The Morgan fingerprint density at radius 2 is 1.26 bits per heavy atom. The van der Waals surface area contributed by atoms with Crippen LogP contribution in [0.2, 0.25) is 0 Å². The van der Waals surface area contributed by atoms with Crippen LogP contribution in [0.5, 0.6) is 0 Å². The predicted octanol–water partition coefficient (Wildman–Crippen LogP) is 10.8. The quantitative estimate of drug-likeness (QED) is 0.222. The molecule has 0 spiro atoms. The summed E-state index contributed by atoms with van der Waals surface area (Å²) in [5.41, 5.74) is 13.5. The van der Waals surface area contributed by atoms with Crippen molar-refractivity contribution in [1.29, 1.82) is 0 Å². The lowest BCUT2D eigenvalue weighted by Gasteiger charge is -2.15. The van der Waals surface area contributed by atoms with Gasteiger partial charge in [-0.05, 0) is 96.3 Å². The maximum absolute atomic E-state index is 5.31. The number of hydrogen-bond donors (Lipinski definition) is 1. The molecule has 0 bridgehead atoms. The van der Waals surface area contributed by atoms with Gasteiger partial charge in [0.05, 0.1) is 16.7 Å². The number of nitrogens with zero attached hydrogens (tertiary/aromatic N) is 3. The molecular formula is C42H30N4. The van der Waals surface area contributed by atoms with E-state index in [9.17, 15) is 0 Å². The molecule has 9 aromatic rings. The number of benzene rings is 5. The van der Waals surface area contributed by atoms with Gasteiger partial charge < -0.3 is 4.98 Å². The molecule has 0 saturated carbocycles. The molecule has 0 radical (unpaired) electrons. The summed E-state index contributed by atoms with van der Waals surface area (Å²) < 4.78 is 2.18. The third kappa shape index (κ3) is 4.07. The van der Waals surface area contributed by atoms with Gasteiger partial charge in [-0.15, -0.1) is 0 Å². The third-order valence-corrected chi connectivity index (χ3v) is 9.25. The minimum atomic E-state index is 0.846. The van der Waals surface area contributed by atoms with Crippen LogP contribution in [0.25, 0.3) is 83.1 Å². The molecule has 0 aliphatic carbocycles. The maximum atomic E-state index is 5.31. The standard InChI is InChI=1S/C42H30N4/c1-26-11-7-12-27(2)40(26)30-24-28(31-15-8-16-34-32-13-3-5-18-37(32)45-41(31)34)23-29(25-30)36-19-9-21-39(44-36)46-38-20-6-4-14-33(38)35-17-10-22-43-42(35)46/h3-25,45H,1-2H3. The highest BCUT2D eigenvalue weighted by atomic mass is 15.1. The van der Waals surface area contributed by atoms with Gasteiger partial charge in [-0.3, -0.25) is 4.57 Å². The fraction of sp³-hybridized carbons (Fsp3) is 0.0476. The molecule has 0 atom stereocenters. The molecule has 4 heterocycles. The maximum Gasteiger partial charge on any atom is 0.146 e. The van der Waals surface area contributed by atoms with Crippen LogP contribution in [0, 0.1) is 13.8 Å². The number of fused-ring (bicyclic) bond motifs is 6. The zero-order chi connectivity index (χ0) is 30.8. The van der Waals surface area contributed by atoms with E-state index < -0.39 is 0 Å². The van der Waals surface area contributed by atoms with E-state index in [0.717, 1.165) is 50.2 Å². The fourth-order valence-electron chi connectivity index (χ4n) is 7.20. The number of nitrogens with one attached hydrogen (secondary N) is 1. The van der Waals surface area contributed by atoms with Gasteiger partial charge >= 0.3 is 0 Å². The second-order valence-corrected chi connectivity index (χ2v) is 12.1. The van der Waals surface area contributed by atoms with Crippen LogP contribution in [0.4, 0.5) is 0 Å². The Labute approximate surface area is 266 Å². The highest BCUT2D eigenvalue weighted by molar-refractivity contribution is 6.12. The van der Waals surface area contributed by atoms with E-state index in [1.807, 2.05) is 12.3 Å². The van der Waals surface area contributed by atoms with E-state index in [4.69, 9.17) is 9.97 Å². The molecule has 9 rings (SSSR count). The topological polar surface area (TPSA) is 46.5 Å². The average molecular weight is 591 g/mol. The van der Waals surface area contributed by atoms with Crippen LogP contribution < -0.4 is 0 Å². The molecule has 0 unspecified atom stereocenters. The Bertz CT molecular complexity index is 2550. The first-order valence-corrected chi connectivity index (χ1v) is 15.7. The lowest BCUT2D eigenvalue weighted by molar-refractivity contribution is 1.06. The Morgan fingerprint density at radius 1 is 0.565 bits per heavy atom. The minimum absolute atomic E-state index is 0.846. The molecule has 1 N–H and O–H groups in total. The molecule has 4 heteroatoms. The normalized spacial score (nSPS) is 11.7. The van der Waals surface area contributed by atoms with Gasteiger partial charge in [-0.2, -0.15) is 0 Å². The summed E-state index contributed by atoms with van der Waals surface area (Å²) in [6.07, 6.45) is 1.85. The van der Waals surface area contributed by atoms with Gasteiger partial charge in [0.1, 0.15) is 11.5 Å². The molecule has 0 aliphatic rings. The van der Waals surface area contributed by atoms with Crippen LogP contribution in [0.3, 0.4) is 0 Å². The van der Waals surface area contributed by atoms with Gasteiger partial charge in [0.2, 0.25) is 0 Å². The molecule has 0 fully saturated rings.